The van der Waals surface area contributed by atoms with Crippen LogP contribution in [0.15, 0.2) is 18.3 Å². The molecule has 110 valence electrons. The predicted molar refractivity (Wildman–Crippen MR) is 77.7 cm³/mol. The van der Waals surface area contributed by atoms with Crippen LogP contribution in [0.25, 0.3) is 0 Å². The minimum Gasteiger partial charge on any atom is -0.388 e. The van der Waals surface area contributed by atoms with Crippen molar-refractivity contribution in [1.82, 2.24) is 9.88 Å². The lowest BCUT2D eigenvalue weighted by molar-refractivity contribution is 0.0245. The van der Waals surface area contributed by atoms with E-state index < -0.39 is 5.60 Å². The SMILES string of the molecule is O=C(NCC1(O)CCCCCC1)c1cccn1C1CC1. The van der Waals surface area contributed by atoms with Crippen molar-refractivity contribution in [1.29, 1.82) is 0 Å². The molecule has 0 unspecified atom stereocenters. The summed E-state index contributed by atoms with van der Waals surface area (Å²) >= 11 is 0. The molecule has 2 saturated carbocycles. The van der Waals surface area contributed by atoms with Crippen molar-refractivity contribution < 1.29 is 9.90 Å². The number of nitrogens with one attached hydrogen (secondary N) is 1. The van der Waals surface area contributed by atoms with Gasteiger partial charge >= 0.3 is 0 Å². The Bertz CT molecular complexity index is 469. The van der Waals surface area contributed by atoms with Crippen molar-refractivity contribution in [2.45, 2.75) is 63.0 Å². The van der Waals surface area contributed by atoms with Gasteiger partial charge in [0.1, 0.15) is 5.69 Å². The summed E-state index contributed by atoms with van der Waals surface area (Å²) in [7, 11) is 0. The molecule has 0 atom stereocenters. The second-order valence-corrected chi connectivity index (χ2v) is 6.35. The number of amides is 1. The van der Waals surface area contributed by atoms with Gasteiger partial charge in [0, 0.05) is 18.8 Å². The van der Waals surface area contributed by atoms with Crippen LogP contribution in [0.5, 0.6) is 0 Å². The number of aromatic nitrogens is 1. The predicted octanol–water partition coefficient (Wildman–Crippen LogP) is 2.64. The highest BCUT2D eigenvalue weighted by Crippen LogP contribution is 2.36. The van der Waals surface area contributed by atoms with Crippen molar-refractivity contribution in [3.63, 3.8) is 0 Å². The highest BCUT2D eigenvalue weighted by Gasteiger charge is 2.30. The van der Waals surface area contributed by atoms with E-state index in [1.165, 1.54) is 25.7 Å². The van der Waals surface area contributed by atoms with E-state index in [-0.39, 0.29) is 5.91 Å². The molecule has 1 amide bonds. The molecule has 3 rings (SSSR count). The second kappa shape index (κ2) is 5.60. The van der Waals surface area contributed by atoms with Gasteiger partial charge in [-0.3, -0.25) is 4.79 Å². The third-order valence-electron chi connectivity index (χ3n) is 4.56. The molecule has 0 aromatic carbocycles. The molecule has 1 heterocycles. The Morgan fingerprint density at radius 1 is 1.30 bits per heavy atom. The Labute approximate surface area is 120 Å². The van der Waals surface area contributed by atoms with Crippen LogP contribution in [0.3, 0.4) is 0 Å². The topological polar surface area (TPSA) is 54.3 Å². The van der Waals surface area contributed by atoms with Crippen molar-refractivity contribution in [2.24, 2.45) is 0 Å². The molecule has 2 fully saturated rings. The number of rotatable bonds is 4. The normalized spacial score (nSPS) is 22.2. The van der Waals surface area contributed by atoms with Gasteiger partial charge in [0.2, 0.25) is 0 Å². The molecule has 0 bridgehead atoms. The van der Waals surface area contributed by atoms with Crippen LogP contribution in [0.1, 0.15) is 67.9 Å². The first kappa shape index (κ1) is 13.7. The lowest BCUT2D eigenvalue weighted by Crippen LogP contribution is -2.43. The van der Waals surface area contributed by atoms with Gasteiger partial charge in [-0.05, 0) is 37.8 Å². The number of nitrogens with zero attached hydrogens (tertiary/aromatic N) is 1. The molecule has 0 spiro atoms. The van der Waals surface area contributed by atoms with E-state index in [1.54, 1.807) is 0 Å². The smallest absolute Gasteiger partial charge is 0.268 e. The fourth-order valence-corrected chi connectivity index (χ4v) is 3.16. The summed E-state index contributed by atoms with van der Waals surface area (Å²) in [5, 5.41) is 13.5. The van der Waals surface area contributed by atoms with Gasteiger partial charge in [-0.1, -0.05) is 25.7 Å². The zero-order chi connectivity index (χ0) is 14.0. The van der Waals surface area contributed by atoms with Crippen LogP contribution >= 0.6 is 0 Å². The molecule has 1 aromatic rings. The third-order valence-corrected chi connectivity index (χ3v) is 4.56. The van der Waals surface area contributed by atoms with Crippen LogP contribution in [0.4, 0.5) is 0 Å². The van der Waals surface area contributed by atoms with Gasteiger partial charge in [-0.25, -0.2) is 0 Å². The fraction of sp³-hybridized carbons (Fsp3) is 0.688. The van der Waals surface area contributed by atoms with E-state index in [1.807, 2.05) is 18.3 Å². The molecule has 20 heavy (non-hydrogen) atoms. The molecule has 2 N–H and O–H groups in total. The summed E-state index contributed by atoms with van der Waals surface area (Å²) in [4.78, 5) is 12.3. The highest BCUT2D eigenvalue weighted by molar-refractivity contribution is 5.92. The monoisotopic (exact) mass is 276 g/mol. The minimum atomic E-state index is -0.705. The molecule has 4 nitrogen and oxygen atoms in total. The molecule has 0 radical (unpaired) electrons. The quantitative estimate of drug-likeness (QED) is 0.831. The van der Waals surface area contributed by atoms with E-state index in [9.17, 15) is 9.90 Å². The lowest BCUT2D eigenvalue weighted by Gasteiger charge is -2.26. The largest absolute Gasteiger partial charge is 0.388 e. The van der Waals surface area contributed by atoms with E-state index in [4.69, 9.17) is 0 Å². The second-order valence-electron chi connectivity index (χ2n) is 6.35. The average molecular weight is 276 g/mol. The Balaban J connectivity index is 1.59. The highest BCUT2D eigenvalue weighted by atomic mass is 16.3. The molecule has 4 heteroatoms. The summed E-state index contributed by atoms with van der Waals surface area (Å²) in [6, 6.07) is 4.30. The van der Waals surface area contributed by atoms with E-state index in [0.29, 0.717) is 12.6 Å². The van der Waals surface area contributed by atoms with Gasteiger partial charge in [0.25, 0.3) is 5.91 Å². The summed E-state index contributed by atoms with van der Waals surface area (Å²) < 4.78 is 2.06. The van der Waals surface area contributed by atoms with Gasteiger partial charge in [-0.15, -0.1) is 0 Å². The molecule has 2 aliphatic carbocycles. The molecule has 0 saturated heterocycles. The summed E-state index contributed by atoms with van der Waals surface area (Å²) in [5.74, 6) is -0.0560. The van der Waals surface area contributed by atoms with E-state index >= 15 is 0 Å². The number of carbonyl (C=O) groups excluding carboxylic acids is 1. The van der Waals surface area contributed by atoms with Crippen LogP contribution < -0.4 is 5.32 Å². The molecule has 0 aliphatic heterocycles. The first-order valence-corrected chi connectivity index (χ1v) is 7.85. The Morgan fingerprint density at radius 2 is 2.00 bits per heavy atom. The average Bonchev–Trinajstić information content (AvgIpc) is 3.21. The summed E-state index contributed by atoms with van der Waals surface area (Å²) in [5.41, 5.74) is 0.0214. The van der Waals surface area contributed by atoms with Crippen LogP contribution in [0, 0.1) is 0 Å². The summed E-state index contributed by atoms with van der Waals surface area (Å²) in [6.07, 6.45) is 10.4. The van der Waals surface area contributed by atoms with Crippen molar-refractivity contribution in [3.05, 3.63) is 24.0 Å². The van der Waals surface area contributed by atoms with Crippen LogP contribution in [0.2, 0.25) is 0 Å². The third kappa shape index (κ3) is 3.06. The van der Waals surface area contributed by atoms with Crippen molar-refractivity contribution in [3.8, 4) is 0 Å². The zero-order valence-electron chi connectivity index (χ0n) is 12.0. The lowest BCUT2D eigenvalue weighted by atomic mass is 9.94. The first-order chi connectivity index (χ1) is 9.68. The van der Waals surface area contributed by atoms with Crippen molar-refractivity contribution >= 4 is 5.91 Å². The minimum absolute atomic E-state index is 0.0560. The van der Waals surface area contributed by atoms with Gasteiger partial charge in [0.15, 0.2) is 0 Å². The Hall–Kier alpha value is -1.29. The van der Waals surface area contributed by atoms with E-state index in [0.717, 1.165) is 31.4 Å². The zero-order valence-corrected chi connectivity index (χ0v) is 12.0. The number of hydrogen-bond donors (Lipinski definition) is 2. The molecular formula is C16H24N2O2. The van der Waals surface area contributed by atoms with Crippen LogP contribution in [-0.2, 0) is 0 Å². The van der Waals surface area contributed by atoms with Crippen molar-refractivity contribution in [2.75, 3.05) is 6.54 Å². The van der Waals surface area contributed by atoms with Gasteiger partial charge in [0.05, 0.1) is 5.60 Å². The standard InChI is InChI=1S/C16H24N2O2/c19-15(14-6-5-11-18(14)13-7-8-13)17-12-16(20)9-3-1-2-4-10-16/h5-6,11,13,20H,1-4,7-10,12H2,(H,17,19). The maximum atomic E-state index is 12.3. The molecule has 1 aromatic heterocycles. The number of aliphatic hydroxyl groups is 1. The Kier molecular flexibility index (Phi) is 3.83. The number of hydrogen-bond acceptors (Lipinski definition) is 2. The van der Waals surface area contributed by atoms with Gasteiger partial charge in [-0.2, -0.15) is 0 Å². The van der Waals surface area contributed by atoms with Crippen LogP contribution in [-0.4, -0.2) is 27.7 Å². The number of carbonyl (C=O) groups is 1. The maximum Gasteiger partial charge on any atom is 0.268 e. The Morgan fingerprint density at radius 3 is 2.65 bits per heavy atom. The molecular weight excluding hydrogens is 252 g/mol. The first-order valence-electron chi connectivity index (χ1n) is 7.85. The summed E-state index contributed by atoms with van der Waals surface area (Å²) in [6.45, 7) is 0.377. The fourth-order valence-electron chi connectivity index (χ4n) is 3.16. The van der Waals surface area contributed by atoms with Gasteiger partial charge < -0.3 is 15.0 Å². The molecule has 2 aliphatic rings. The maximum absolute atomic E-state index is 12.3. The van der Waals surface area contributed by atoms with E-state index in [2.05, 4.69) is 9.88 Å².